The highest BCUT2D eigenvalue weighted by atomic mass is 28.3. The highest BCUT2D eigenvalue weighted by Gasteiger charge is 2.16. The van der Waals surface area contributed by atoms with Gasteiger partial charge in [0.1, 0.15) is 6.29 Å². The zero-order chi connectivity index (χ0) is 13.5. The van der Waals surface area contributed by atoms with Crippen LogP contribution in [0.25, 0.3) is 0 Å². The summed E-state index contributed by atoms with van der Waals surface area (Å²) in [6, 6.07) is 0.505. The number of hydrogen-bond acceptors (Lipinski definition) is 3. The minimum atomic E-state index is -1.17. The molecule has 100 valence electrons. The summed E-state index contributed by atoms with van der Waals surface area (Å²) < 4.78 is 5.06. The second kappa shape index (κ2) is 7.48. The molecule has 0 unspecified atom stereocenters. The largest absolute Gasteiger partial charge is 0.450 e. The lowest BCUT2D eigenvalue weighted by molar-refractivity contribution is -0.109. The molecule has 0 radical (unpaired) electrons. The Kier molecular flexibility index (Phi) is 7.11. The molecule has 0 saturated heterocycles. The van der Waals surface area contributed by atoms with Crippen LogP contribution in [0.15, 0.2) is 0 Å². The van der Waals surface area contributed by atoms with Crippen LogP contribution in [0.3, 0.4) is 0 Å². The molecular formula is C12H25NO3Si. The third kappa shape index (κ3) is 10.1. The van der Waals surface area contributed by atoms with Crippen LogP contribution in [-0.2, 0) is 9.53 Å². The van der Waals surface area contributed by atoms with Crippen molar-refractivity contribution in [2.45, 2.75) is 52.0 Å². The summed E-state index contributed by atoms with van der Waals surface area (Å²) in [5.41, 5.74) is 0. The van der Waals surface area contributed by atoms with Crippen LogP contribution in [0.5, 0.6) is 0 Å². The molecule has 0 rings (SSSR count). The molecule has 0 heterocycles. The van der Waals surface area contributed by atoms with E-state index < -0.39 is 20.2 Å². The van der Waals surface area contributed by atoms with Crippen LogP contribution in [0, 0.1) is 5.92 Å². The molecule has 0 spiro atoms. The van der Waals surface area contributed by atoms with Crippen molar-refractivity contribution in [2.75, 3.05) is 6.61 Å². The van der Waals surface area contributed by atoms with Crippen LogP contribution in [0.1, 0.15) is 20.3 Å². The first-order chi connectivity index (χ1) is 7.74. The lowest BCUT2D eigenvalue weighted by Gasteiger charge is -2.17. The minimum absolute atomic E-state index is 0.368. The molecule has 1 N–H and O–H groups in total. The van der Waals surface area contributed by atoms with E-state index in [4.69, 9.17) is 4.74 Å². The summed E-state index contributed by atoms with van der Waals surface area (Å²) in [6.45, 7) is 11.1. The minimum Gasteiger partial charge on any atom is -0.450 e. The van der Waals surface area contributed by atoms with Crippen molar-refractivity contribution in [1.82, 2.24) is 5.32 Å². The van der Waals surface area contributed by atoms with Crippen molar-refractivity contribution < 1.29 is 14.3 Å². The van der Waals surface area contributed by atoms with Gasteiger partial charge in [-0.3, -0.25) is 0 Å². The zero-order valence-electron chi connectivity index (χ0n) is 11.6. The van der Waals surface area contributed by atoms with Crippen molar-refractivity contribution in [3.05, 3.63) is 0 Å². The lowest BCUT2D eigenvalue weighted by atomic mass is 10.1. The number of hydrogen-bond donors (Lipinski definition) is 1. The van der Waals surface area contributed by atoms with Gasteiger partial charge in [0.05, 0.1) is 12.6 Å². The second-order valence-corrected chi connectivity index (χ2v) is 11.6. The van der Waals surface area contributed by atoms with Crippen molar-refractivity contribution in [3.8, 4) is 0 Å². The molecule has 17 heavy (non-hydrogen) atoms. The first-order valence-electron chi connectivity index (χ1n) is 6.13. The number of nitrogens with one attached hydrogen (secondary N) is 1. The summed E-state index contributed by atoms with van der Waals surface area (Å²) in [4.78, 5) is 22.1. The molecule has 0 bridgehead atoms. The van der Waals surface area contributed by atoms with Gasteiger partial charge in [-0.05, 0) is 18.4 Å². The highest BCUT2D eigenvalue weighted by Crippen LogP contribution is 2.08. The van der Waals surface area contributed by atoms with E-state index in [0.29, 0.717) is 18.9 Å². The molecule has 0 aromatic carbocycles. The third-order valence-electron chi connectivity index (χ3n) is 2.28. The molecule has 0 aromatic rings. The molecule has 0 aliphatic carbocycles. The molecule has 1 atom stereocenters. The number of aldehydes is 1. The third-order valence-corrected chi connectivity index (χ3v) is 3.98. The first kappa shape index (κ1) is 16.2. The Balaban J connectivity index is 3.87. The molecule has 5 heteroatoms. The molecule has 0 aliphatic rings. The Morgan fingerprint density at radius 2 is 1.94 bits per heavy atom. The van der Waals surface area contributed by atoms with Gasteiger partial charge in [0, 0.05) is 8.07 Å². The molecule has 1 amide bonds. The van der Waals surface area contributed by atoms with E-state index in [9.17, 15) is 9.59 Å². The number of alkyl carbamates (subject to hydrolysis) is 1. The predicted octanol–water partition coefficient (Wildman–Crippen LogP) is 2.66. The Labute approximate surface area is 105 Å². The summed E-state index contributed by atoms with van der Waals surface area (Å²) >= 11 is 0. The van der Waals surface area contributed by atoms with Gasteiger partial charge in [0.15, 0.2) is 0 Å². The van der Waals surface area contributed by atoms with Gasteiger partial charge < -0.3 is 14.8 Å². The maximum Gasteiger partial charge on any atom is 0.407 e. The number of carbonyl (C=O) groups is 2. The Morgan fingerprint density at radius 1 is 1.35 bits per heavy atom. The van der Waals surface area contributed by atoms with E-state index in [1.54, 1.807) is 0 Å². The van der Waals surface area contributed by atoms with Gasteiger partial charge in [-0.25, -0.2) is 4.79 Å². The van der Waals surface area contributed by atoms with Crippen LogP contribution in [0.4, 0.5) is 4.79 Å². The average Bonchev–Trinajstić information content (AvgIpc) is 2.13. The Bertz CT molecular complexity index is 249. The van der Waals surface area contributed by atoms with E-state index in [-0.39, 0.29) is 0 Å². The molecule has 0 aliphatic heterocycles. The number of carbonyl (C=O) groups excluding carboxylic acids is 2. The number of ether oxygens (including phenoxy) is 1. The van der Waals surface area contributed by atoms with Crippen LogP contribution < -0.4 is 5.32 Å². The topological polar surface area (TPSA) is 55.4 Å². The SMILES string of the molecule is CC(C)C[C@@H](C=O)NC(=O)OCC[Si](C)(C)C. The van der Waals surface area contributed by atoms with Crippen molar-refractivity contribution in [1.29, 1.82) is 0 Å². The van der Waals surface area contributed by atoms with Gasteiger partial charge in [-0.2, -0.15) is 0 Å². The average molecular weight is 259 g/mol. The smallest absolute Gasteiger partial charge is 0.407 e. The summed E-state index contributed by atoms with van der Waals surface area (Å²) in [5.74, 6) is 0.368. The maximum absolute atomic E-state index is 11.4. The molecular weight excluding hydrogens is 234 g/mol. The summed E-state index contributed by atoms with van der Waals surface area (Å²) in [6.07, 6.45) is 0.924. The fourth-order valence-corrected chi connectivity index (χ4v) is 2.01. The van der Waals surface area contributed by atoms with Gasteiger partial charge in [0.2, 0.25) is 0 Å². The summed E-state index contributed by atoms with van der Waals surface area (Å²) in [7, 11) is -1.17. The standard InChI is InChI=1S/C12H25NO3Si/c1-10(2)8-11(9-14)13-12(15)16-6-7-17(3,4)5/h9-11H,6-8H2,1-5H3,(H,13,15)/t11-/m0/s1. The van der Waals surface area contributed by atoms with E-state index in [1.165, 1.54) is 0 Å². The second-order valence-electron chi connectivity index (χ2n) is 5.96. The zero-order valence-corrected chi connectivity index (χ0v) is 12.6. The van der Waals surface area contributed by atoms with E-state index in [0.717, 1.165) is 12.3 Å². The Morgan fingerprint density at radius 3 is 2.35 bits per heavy atom. The highest BCUT2D eigenvalue weighted by molar-refractivity contribution is 6.76. The fraction of sp³-hybridized carbons (Fsp3) is 0.833. The van der Waals surface area contributed by atoms with E-state index >= 15 is 0 Å². The lowest BCUT2D eigenvalue weighted by Crippen LogP contribution is -2.38. The van der Waals surface area contributed by atoms with Crippen molar-refractivity contribution in [2.24, 2.45) is 5.92 Å². The molecule has 4 nitrogen and oxygen atoms in total. The number of rotatable bonds is 7. The number of amides is 1. The van der Waals surface area contributed by atoms with E-state index in [1.807, 2.05) is 13.8 Å². The molecule has 0 aromatic heterocycles. The maximum atomic E-state index is 11.4. The summed E-state index contributed by atoms with van der Waals surface area (Å²) in [5, 5.41) is 2.57. The van der Waals surface area contributed by atoms with Gasteiger partial charge >= 0.3 is 6.09 Å². The van der Waals surface area contributed by atoms with Crippen LogP contribution in [0.2, 0.25) is 25.7 Å². The van der Waals surface area contributed by atoms with Gasteiger partial charge in [-0.15, -0.1) is 0 Å². The monoisotopic (exact) mass is 259 g/mol. The van der Waals surface area contributed by atoms with Gasteiger partial charge in [0.25, 0.3) is 0 Å². The normalized spacial score (nSPS) is 13.3. The fourth-order valence-electron chi connectivity index (χ4n) is 1.30. The van der Waals surface area contributed by atoms with E-state index in [2.05, 4.69) is 25.0 Å². The van der Waals surface area contributed by atoms with Crippen molar-refractivity contribution in [3.63, 3.8) is 0 Å². The van der Waals surface area contributed by atoms with Crippen LogP contribution >= 0.6 is 0 Å². The molecule has 0 fully saturated rings. The predicted molar refractivity (Wildman–Crippen MR) is 71.9 cm³/mol. The first-order valence-corrected chi connectivity index (χ1v) is 9.84. The van der Waals surface area contributed by atoms with Crippen molar-refractivity contribution >= 4 is 20.5 Å². The quantitative estimate of drug-likeness (QED) is 0.565. The van der Waals surface area contributed by atoms with Gasteiger partial charge in [-0.1, -0.05) is 33.5 Å². The Hall–Kier alpha value is -0.843. The molecule has 0 saturated carbocycles. The van der Waals surface area contributed by atoms with Crippen LogP contribution in [-0.4, -0.2) is 33.1 Å².